The second-order valence-corrected chi connectivity index (χ2v) is 15.1. The standard InChI is InChI=1S/C14H25Cl3Si/c15-18(16,17)14-11-7-3-6-10-13(14)12-8-4-1-2-5-9-12/h12-14H,1-11H2. The van der Waals surface area contributed by atoms with Gasteiger partial charge in [0.05, 0.1) is 0 Å². The molecule has 2 fully saturated rings. The molecule has 4 heteroatoms. The van der Waals surface area contributed by atoms with Crippen LogP contribution in [0, 0.1) is 11.8 Å². The average Bonchev–Trinajstić information content (AvgIpc) is 2.70. The molecule has 106 valence electrons. The van der Waals surface area contributed by atoms with E-state index in [1.807, 2.05) is 0 Å². The third-order valence-electron chi connectivity index (χ3n) is 5.00. The minimum absolute atomic E-state index is 0.424. The molecule has 0 aromatic carbocycles. The molecule has 0 aromatic heterocycles. The number of halogens is 3. The first-order chi connectivity index (χ1) is 8.59. The molecule has 0 spiro atoms. The quantitative estimate of drug-likeness (QED) is 0.306. The lowest BCUT2D eigenvalue weighted by Crippen LogP contribution is -2.31. The highest BCUT2D eigenvalue weighted by Gasteiger charge is 2.44. The van der Waals surface area contributed by atoms with Gasteiger partial charge >= 0.3 is 6.00 Å². The second-order valence-electron chi connectivity index (χ2n) is 6.20. The monoisotopic (exact) mass is 326 g/mol. The zero-order chi connectivity index (χ0) is 13.0. The van der Waals surface area contributed by atoms with Crippen LogP contribution in [0.15, 0.2) is 0 Å². The molecule has 0 aromatic rings. The van der Waals surface area contributed by atoms with Crippen LogP contribution in [0.3, 0.4) is 0 Å². The van der Waals surface area contributed by atoms with Crippen LogP contribution in [0.1, 0.15) is 70.6 Å². The summed E-state index contributed by atoms with van der Waals surface area (Å²) in [5.41, 5.74) is 0.424. The van der Waals surface area contributed by atoms with Gasteiger partial charge in [-0.3, -0.25) is 0 Å². The Bertz CT molecular complexity index is 244. The van der Waals surface area contributed by atoms with Crippen molar-refractivity contribution in [3.05, 3.63) is 0 Å². The molecular weight excluding hydrogens is 303 g/mol. The van der Waals surface area contributed by atoms with Crippen molar-refractivity contribution in [2.45, 2.75) is 76.2 Å². The SMILES string of the molecule is Cl[Si](Cl)(Cl)C1CCCCCC1C1CCCCCC1. The summed E-state index contributed by atoms with van der Waals surface area (Å²) in [5, 5.41) is 0. The van der Waals surface area contributed by atoms with E-state index in [1.165, 1.54) is 70.6 Å². The van der Waals surface area contributed by atoms with E-state index < -0.39 is 6.00 Å². The van der Waals surface area contributed by atoms with Gasteiger partial charge in [0.1, 0.15) is 0 Å². The van der Waals surface area contributed by atoms with Gasteiger partial charge in [-0.1, -0.05) is 64.2 Å². The Morgan fingerprint density at radius 1 is 0.611 bits per heavy atom. The highest BCUT2D eigenvalue weighted by Crippen LogP contribution is 2.51. The average molecular weight is 328 g/mol. The normalized spacial score (nSPS) is 32.8. The first-order valence-corrected chi connectivity index (χ1v) is 12.8. The van der Waals surface area contributed by atoms with Crippen LogP contribution in [-0.2, 0) is 0 Å². The molecule has 2 aliphatic rings. The molecule has 2 unspecified atom stereocenters. The Hall–Kier alpha value is 1.09. The van der Waals surface area contributed by atoms with Crippen LogP contribution < -0.4 is 0 Å². The Morgan fingerprint density at radius 3 is 1.72 bits per heavy atom. The van der Waals surface area contributed by atoms with Crippen molar-refractivity contribution in [1.82, 2.24) is 0 Å². The second kappa shape index (κ2) is 7.20. The molecule has 0 heterocycles. The van der Waals surface area contributed by atoms with Crippen molar-refractivity contribution < 1.29 is 0 Å². The Labute approximate surface area is 127 Å². The lowest BCUT2D eigenvalue weighted by molar-refractivity contribution is 0.268. The highest BCUT2D eigenvalue weighted by atomic mass is 35.8. The fourth-order valence-corrected chi connectivity index (χ4v) is 7.94. The maximum Gasteiger partial charge on any atom is 0.344 e. The van der Waals surface area contributed by atoms with E-state index in [4.69, 9.17) is 33.2 Å². The van der Waals surface area contributed by atoms with E-state index in [2.05, 4.69) is 0 Å². The van der Waals surface area contributed by atoms with Gasteiger partial charge in [-0.05, 0) is 23.8 Å². The zero-order valence-electron chi connectivity index (χ0n) is 11.1. The summed E-state index contributed by atoms with van der Waals surface area (Å²) in [6.07, 6.45) is 14.9. The van der Waals surface area contributed by atoms with E-state index in [1.54, 1.807) is 0 Å². The van der Waals surface area contributed by atoms with E-state index in [-0.39, 0.29) is 0 Å². The molecule has 0 bridgehead atoms. The van der Waals surface area contributed by atoms with Crippen LogP contribution in [0.25, 0.3) is 0 Å². The third-order valence-corrected chi connectivity index (χ3v) is 9.08. The predicted molar refractivity (Wildman–Crippen MR) is 84.8 cm³/mol. The fourth-order valence-electron chi connectivity index (χ4n) is 4.05. The van der Waals surface area contributed by atoms with E-state index >= 15 is 0 Å². The van der Waals surface area contributed by atoms with E-state index in [9.17, 15) is 0 Å². The van der Waals surface area contributed by atoms with Crippen molar-refractivity contribution in [2.24, 2.45) is 11.8 Å². The summed E-state index contributed by atoms with van der Waals surface area (Å²) >= 11 is 19.2. The minimum Gasteiger partial charge on any atom is -0.126 e. The van der Waals surface area contributed by atoms with E-state index in [0.717, 1.165) is 5.92 Å². The highest BCUT2D eigenvalue weighted by molar-refractivity contribution is 7.65. The Morgan fingerprint density at radius 2 is 1.11 bits per heavy atom. The van der Waals surface area contributed by atoms with Gasteiger partial charge in [0.25, 0.3) is 0 Å². The molecule has 2 aliphatic carbocycles. The molecule has 0 aliphatic heterocycles. The summed E-state index contributed by atoms with van der Waals surface area (Å²) in [5.74, 6) is 1.56. The van der Waals surface area contributed by atoms with Crippen molar-refractivity contribution in [3.8, 4) is 0 Å². The molecule has 0 nitrogen and oxygen atoms in total. The predicted octanol–water partition coefficient (Wildman–Crippen LogP) is 6.56. The molecule has 18 heavy (non-hydrogen) atoms. The summed E-state index contributed by atoms with van der Waals surface area (Å²) in [6, 6.07) is -2.54. The lowest BCUT2D eigenvalue weighted by Gasteiger charge is -2.35. The first kappa shape index (κ1) is 15.5. The molecule has 0 saturated heterocycles. The van der Waals surface area contributed by atoms with Crippen LogP contribution in [0.2, 0.25) is 5.54 Å². The molecule has 2 rings (SSSR count). The van der Waals surface area contributed by atoms with Crippen LogP contribution >= 0.6 is 33.2 Å². The van der Waals surface area contributed by atoms with Crippen LogP contribution in [-0.4, -0.2) is 6.00 Å². The van der Waals surface area contributed by atoms with Crippen molar-refractivity contribution >= 4 is 39.2 Å². The lowest BCUT2D eigenvalue weighted by atomic mass is 9.81. The van der Waals surface area contributed by atoms with Gasteiger partial charge in [0.15, 0.2) is 0 Å². The fraction of sp³-hybridized carbons (Fsp3) is 1.00. The van der Waals surface area contributed by atoms with Crippen molar-refractivity contribution in [1.29, 1.82) is 0 Å². The largest absolute Gasteiger partial charge is 0.344 e. The molecule has 0 amide bonds. The first-order valence-electron chi connectivity index (χ1n) is 7.66. The Kier molecular flexibility index (Phi) is 6.19. The molecule has 0 radical (unpaired) electrons. The van der Waals surface area contributed by atoms with Gasteiger partial charge in [0, 0.05) is 0 Å². The van der Waals surface area contributed by atoms with Crippen molar-refractivity contribution in [2.75, 3.05) is 0 Å². The molecule has 2 saturated carbocycles. The van der Waals surface area contributed by atoms with Crippen molar-refractivity contribution in [3.63, 3.8) is 0 Å². The van der Waals surface area contributed by atoms with Gasteiger partial charge in [0.2, 0.25) is 0 Å². The van der Waals surface area contributed by atoms with Gasteiger partial charge in [-0.25, -0.2) is 0 Å². The number of rotatable bonds is 2. The minimum atomic E-state index is -2.54. The number of hydrogen-bond acceptors (Lipinski definition) is 0. The Balaban J connectivity index is 2.08. The van der Waals surface area contributed by atoms with E-state index in [0.29, 0.717) is 11.5 Å². The van der Waals surface area contributed by atoms with Crippen LogP contribution in [0.4, 0.5) is 0 Å². The smallest absolute Gasteiger partial charge is 0.126 e. The van der Waals surface area contributed by atoms with Gasteiger partial charge < -0.3 is 0 Å². The zero-order valence-corrected chi connectivity index (χ0v) is 14.4. The summed E-state index contributed by atoms with van der Waals surface area (Å²) in [7, 11) is 0. The summed E-state index contributed by atoms with van der Waals surface area (Å²) in [6.45, 7) is 0. The van der Waals surface area contributed by atoms with Gasteiger partial charge in [-0.2, -0.15) is 0 Å². The summed E-state index contributed by atoms with van der Waals surface area (Å²) < 4.78 is 0. The molecule has 2 atom stereocenters. The van der Waals surface area contributed by atoms with Gasteiger partial charge in [-0.15, -0.1) is 33.2 Å². The maximum atomic E-state index is 6.41. The molecule has 0 N–H and O–H groups in total. The maximum absolute atomic E-state index is 6.41. The third kappa shape index (κ3) is 4.29. The summed E-state index contributed by atoms with van der Waals surface area (Å²) in [4.78, 5) is 0. The number of hydrogen-bond donors (Lipinski definition) is 0. The van der Waals surface area contributed by atoms with Crippen LogP contribution in [0.5, 0.6) is 0 Å². The topological polar surface area (TPSA) is 0 Å². The molecular formula is C14H25Cl3Si.